The Labute approximate surface area is 119 Å². The zero-order chi connectivity index (χ0) is 15.3. The zero-order valence-electron chi connectivity index (χ0n) is 11.2. The summed E-state index contributed by atoms with van der Waals surface area (Å²) in [6, 6.07) is 0. The number of rotatable bonds is 8. The van der Waals surface area contributed by atoms with Gasteiger partial charge in [0.25, 0.3) is 0 Å². The van der Waals surface area contributed by atoms with Crippen molar-refractivity contribution in [1.82, 2.24) is 0 Å². The molecule has 1 fully saturated rings. The van der Waals surface area contributed by atoms with Gasteiger partial charge >= 0.3 is 0 Å². The molecule has 0 N–H and O–H groups in total. The van der Waals surface area contributed by atoms with Gasteiger partial charge in [-0.15, -0.1) is 0 Å². The molecule has 0 radical (unpaired) electrons. The third-order valence-electron chi connectivity index (χ3n) is 3.47. The second-order valence-electron chi connectivity index (χ2n) is 5.08. The van der Waals surface area contributed by atoms with Crippen LogP contribution in [-0.4, -0.2) is 81.3 Å². The molecule has 0 aliphatic carbocycles. The number of nitrogens with zero attached hydrogens (tertiary/aromatic N) is 1. The van der Waals surface area contributed by atoms with Gasteiger partial charge in [-0.3, -0.25) is 0 Å². The first-order chi connectivity index (χ1) is 9.12. The Bertz CT molecular complexity index is 454. The number of quaternary nitrogens is 1. The van der Waals surface area contributed by atoms with E-state index in [0.29, 0.717) is 43.9 Å². The molecular formula is C10H20NO7S2-. The van der Waals surface area contributed by atoms with Crippen LogP contribution >= 0.6 is 0 Å². The molecule has 20 heavy (non-hydrogen) atoms. The van der Waals surface area contributed by atoms with Gasteiger partial charge in [0.1, 0.15) is 13.1 Å². The standard InChI is InChI=1S/C10H21NO7S2/c12-19(13,14)9-1-3-11(5-7-18-8-6-11)4-2-10-20(15,16)17/h1-10H2,(H-,12,13,14,15,16,17)/p-1. The molecule has 8 nitrogen and oxygen atoms in total. The molecule has 0 aromatic carbocycles. The van der Waals surface area contributed by atoms with Crippen molar-refractivity contribution in [2.45, 2.75) is 12.8 Å². The average Bonchev–Trinajstić information content (AvgIpc) is 2.26. The summed E-state index contributed by atoms with van der Waals surface area (Å²) in [5, 5.41) is 0. The normalized spacial score (nSPS) is 19.9. The Kier molecular flexibility index (Phi) is 6.35. The summed E-state index contributed by atoms with van der Waals surface area (Å²) in [6.45, 7) is 3.24. The van der Waals surface area contributed by atoms with Crippen molar-refractivity contribution in [3.05, 3.63) is 0 Å². The molecule has 0 bridgehead atoms. The third kappa shape index (κ3) is 7.50. The third-order valence-corrected chi connectivity index (χ3v) is 5.05. The first kappa shape index (κ1) is 17.8. The van der Waals surface area contributed by atoms with Crippen LogP contribution in [0.15, 0.2) is 0 Å². The Morgan fingerprint density at radius 2 is 1.25 bits per heavy atom. The van der Waals surface area contributed by atoms with E-state index in [1.54, 1.807) is 0 Å². The minimum atomic E-state index is -4.23. The van der Waals surface area contributed by atoms with Crippen LogP contribution in [0.2, 0.25) is 0 Å². The van der Waals surface area contributed by atoms with E-state index in [0.717, 1.165) is 0 Å². The molecule has 0 unspecified atom stereocenters. The Balaban J connectivity index is 2.52. The van der Waals surface area contributed by atoms with Crippen LogP contribution in [0.3, 0.4) is 0 Å². The predicted octanol–water partition coefficient (Wildman–Crippen LogP) is -1.30. The van der Waals surface area contributed by atoms with Crippen molar-refractivity contribution in [2.75, 3.05) is 50.9 Å². The molecule has 120 valence electrons. The summed E-state index contributed by atoms with van der Waals surface area (Å²) in [7, 11) is -8.47. The van der Waals surface area contributed by atoms with Gasteiger partial charge in [0, 0.05) is 24.3 Å². The Morgan fingerprint density at radius 1 is 0.850 bits per heavy atom. The molecule has 1 rings (SSSR count). The smallest absolute Gasteiger partial charge is 0.102 e. The fourth-order valence-corrected chi connectivity index (χ4v) is 3.41. The van der Waals surface area contributed by atoms with Crippen molar-refractivity contribution in [2.24, 2.45) is 0 Å². The van der Waals surface area contributed by atoms with Crippen molar-refractivity contribution in [3.8, 4) is 0 Å². The highest BCUT2D eigenvalue weighted by atomic mass is 32.2. The second kappa shape index (κ2) is 7.14. The fraction of sp³-hybridized carbons (Fsp3) is 1.00. The van der Waals surface area contributed by atoms with Crippen LogP contribution in [0.25, 0.3) is 0 Å². The molecule has 10 heteroatoms. The van der Waals surface area contributed by atoms with Crippen molar-refractivity contribution >= 4 is 20.2 Å². The van der Waals surface area contributed by atoms with Gasteiger partial charge in [-0.2, -0.15) is 0 Å². The van der Waals surface area contributed by atoms with Crippen LogP contribution in [0.5, 0.6) is 0 Å². The molecule has 0 atom stereocenters. The average molecular weight is 330 g/mol. The number of hydrogen-bond donors (Lipinski definition) is 0. The molecule has 1 saturated heterocycles. The lowest BCUT2D eigenvalue weighted by atomic mass is 10.2. The van der Waals surface area contributed by atoms with Gasteiger partial charge < -0.3 is 18.3 Å². The summed E-state index contributed by atoms with van der Waals surface area (Å²) in [6.07, 6.45) is 0.464. The molecule has 0 amide bonds. The van der Waals surface area contributed by atoms with E-state index in [4.69, 9.17) is 4.74 Å². The summed E-state index contributed by atoms with van der Waals surface area (Å²) in [4.78, 5) is 0. The van der Waals surface area contributed by atoms with E-state index in [-0.39, 0.29) is 12.8 Å². The SMILES string of the molecule is O=S(=O)([O-])CCC[N+]1(CCCS(=O)(=O)[O-])CCOCC1. The van der Waals surface area contributed by atoms with Gasteiger partial charge in [-0.05, 0) is 0 Å². The van der Waals surface area contributed by atoms with Crippen molar-refractivity contribution in [3.63, 3.8) is 0 Å². The monoisotopic (exact) mass is 330 g/mol. The quantitative estimate of drug-likeness (QED) is 0.400. The fourth-order valence-electron chi connectivity index (χ4n) is 2.44. The number of hydrogen-bond acceptors (Lipinski definition) is 7. The lowest BCUT2D eigenvalue weighted by Gasteiger charge is -2.41. The van der Waals surface area contributed by atoms with Gasteiger partial charge in [0.15, 0.2) is 0 Å². The number of morpholine rings is 1. The Hall–Kier alpha value is -0.260. The second-order valence-corrected chi connectivity index (χ2v) is 8.13. The highest BCUT2D eigenvalue weighted by Gasteiger charge is 2.29. The van der Waals surface area contributed by atoms with Gasteiger partial charge in [-0.1, -0.05) is 0 Å². The van der Waals surface area contributed by atoms with Crippen LogP contribution in [0, 0.1) is 0 Å². The molecule has 0 spiro atoms. The maximum Gasteiger partial charge on any atom is 0.102 e. The highest BCUT2D eigenvalue weighted by Crippen LogP contribution is 2.14. The lowest BCUT2D eigenvalue weighted by Crippen LogP contribution is -2.56. The lowest BCUT2D eigenvalue weighted by molar-refractivity contribution is -0.935. The van der Waals surface area contributed by atoms with Crippen molar-refractivity contribution < 1.29 is 35.2 Å². The zero-order valence-corrected chi connectivity index (χ0v) is 12.8. The number of ether oxygens (including phenoxy) is 1. The summed E-state index contributed by atoms with van der Waals surface area (Å²) in [5.41, 5.74) is 0. The molecule has 0 aromatic rings. The minimum absolute atomic E-state index is 0.232. The van der Waals surface area contributed by atoms with E-state index >= 15 is 0 Å². The molecule has 1 aliphatic rings. The van der Waals surface area contributed by atoms with E-state index in [9.17, 15) is 25.9 Å². The molecule has 1 heterocycles. The van der Waals surface area contributed by atoms with Gasteiger partial charge in [0.05, 0.1) is 46.5 Å². The largest absolute Gasteiger partial charge is 0.748 e. The summed E-state index contributed by atoms with van der Waals surface area (Å²) >= 11 is 0. The van der Waals surface area contributed by atoms with Crippen LogP contribution < -0.4 is 0 Å². The van der Waals surface area contributed by atoms with E-state index < -0.39 is 31.7 Å². The first-order valence-corrected chi connectivity index (χ1v) is 9.57. The van der Waals surface area contributed by atoms with Gasteiger partial charge in [0.2, 0.25) is 0 Å². The summed E-state index contributed by atoms with van der Waals surface area (Å²) < 4.78 is 69.4. The van der Waals surface area contributed by atoms with E-state index in [1.807, 2.05) is 0 Å². The topological polar surface area (TPSA) is 124 Å². The Morgan fingerprint density at radius 3 is 1.60 bits per heavy atom. The van der Waals surface area contributed by atoms with E-state index in [1.165, 1.54) is 0 Å². The maximum atomic E-state index is 10.6. The molecular weight excluding hydrogens is 310 g/mol. The van der Waals surface area contributed by atoms with Gasteiger partial charge in [-0.25, -0.2) is 16.8 Å². The van der Waals surface area contributed by atoms with Crippen LogP contribution in [0.4, 0.5) is 0 Å². The van der Waals surface area contributed by atoms with Crippen LogP contribution in [0.1, 0.15) is 12.8 Å². The molecule has 0 aromatic heterocycles. The van der Waals surface area contributed by atoms with Crippen LogP contribution in [-0.2, 0) is 25.0 Å². The predicted molar refractivity (Wildman–Crippen MR) is 68.9 cm³/mol. The van der Waals surface area contributed by atoms with Crippen molar-refractivity contribution in [1.29, 1.82) is 0 Å². The maximum absolute atomic E-state index is 10.6. The highest BCUT2D eigenvalue weighted by molar-refractivity contribution is 7.85. The molecule has 1 aliphatic heterocycles. The molecule has 0 saturated carbocycles. The first-order valence-electron chi connectivity index (χ1n) is 6.42. The van der Waals surface area contributed by atoms with E-state index in [2.05, 4.69) is 0 Å². The minimum Gasteiger partial charge on any atom is -0.748 e. The summed E-state index contributed by atoms with van der Waals surface area (Å²) in [5.74, 6) is -0.846.